The summed E-state index contributed by atoms with van der Waals surface area (Å²) in [6, 6.07) is 7.70. The molecule has 0 heterocycles. The molecule has 1 aromatic rings. The minimum absolute atomic E-state index is 0.677. The summed E-state index contributed by atoms with van der Waals surface area (Å²) in [6.07, 6.45) is 1.15. The SMILES string of the molecule is CC(C)CCNc1ccc(C#N)cc1Br. The predicted octanol–water partition coefficient (Wildman–Crippen LogP) is 3.78. The molecule has 0 aliphatic carbocycles. The molecule has 1 N–H and O–H groups in total. The lowest BCUT2D eigenvalue weighted by Crippen LogP contribution is -2.05. The van der Waals surface area contributed by atoms with Crippen LogP contribution in [0.15, 0.2) is 22.7 Å². The van der Waals surface area contributed by atoms with E-state index in [1.165, 1.54) is 0 Å². The molecule has 0 atom stereocenters. The molecule has 1 rings (SSSR count). The summed E-state index contributed by atoms with van der Waals surface area (Å²) in [5.41, 5.74) is 1.73. The van der Waals surface area contributed by atoms with E-state index in [0.717, 1.165) is 23.1 Å². The van der Waals surface area contributed by atoms with Gasteiger partial charge in [-0.25, -0.2) is 0 Å². The first kappa shape index (κ1) is 12.1. The van der Waals surface area contributed by atoms with Gasteiger partial charge in [0.15, 0.2) is 0 Å². The Kier molecular flexibility index (Phi) is 4.64. The maximum Gasteiger partial charge on any atom is 0.0992 e. The molecule has 0 saturated carbocycles. The van der Waals surface area contributed by atoms with E-state index in [4.69, 9.17) is 5.26 Å². The summed E-state index contributed by atoms with van der Waals surface area (Å²) in [5.74, 6) is 0.703. The van der Waals surface area contributed by atoms with Gasteiger partial charge in [-0.2, -0.15) is 5.26 Å². The number of hydrogen-bond donors (Lipinski definition) is 1. The van der Waals surface area contributed by atoms with Gasteiger partial charge >= 0.3 is 0 Å². The fraction of sp³-hybridized carbons (Fsp3) is 0.417. The van der Waals surface area contributed by atoms with Gasteiger partial charge in [0.25, 0.3) is 0 Å². The van der Waals surface area contributed by atoms with Crippen molar-refractivity contribution in [2.45, 2.75) is 20.3 Å². The summed E-state index contributed by atoms with van der Waals surface area (Å²) < 4.78 is 0.949. The van der Waals surface area contributed by atoms with E-state index in [2.05, 4.69) is 41.2 Å². The molecule has 0 aliphatic rings. The fourth-order valence-corrected chi connectivity index (χ4v) is 1.74. The van der Waals surface area contributed by atoms with Gasteiger partial charge in [-0.05, 0) is 46.5 Å². The van der Waals surface area contributed by atoms with Crippen LogP contribution in [-0.4, -0.2) is 6.54 Å². The van der Waals surface area contributed by atoms with E-state index in [0.29, 0.717) is 11.5 Å². The summed E-state index contributed by atoms with van der Waals surface area (Å²) in [5, 5.41) is 12.0. The molecule has 80 valence electrons. The van der Waals surface area contributed by atoms with Crippen LogP contribution in [0.3, 0.4) is 0 Å². The Bertz CT molecular complexity index is 366. The van der Waals surface area contributed by atoms with Gasteiger partial charge in [0.05, 0.1) is 11.6 Å². The number of rotatable bonds is 4. The standard InChI is InChI=1S/C12H15BrN2/c1-9(2)5-6-15-12-4-3-10(8-14)7-11(12)13/h3-4,7,9,15H,5-6H2,1-2H3. The Morgan fingerprint density at radius 2 is 2.20 bits per heavy atom. The van der Waals surface area contributed by atoms with Gasteiger partial charge in [-0.15, -0.1) is 0 Å². The normalized spacial score (nSPS) is 10.1. The molecular weight excluding hydrogens is 252 g/mol. The topological polar surface area (TPSA) is 35.8 Å². The third kappa shape index (κ3) is 3.93. The third-order valence-corrected chi connectivity index (χ3v) is 2.79. The molecule has 15 heavy (non-hydrogen) atoms. The fourth-order valence-electron chi connectivity index (χ4n) is 1.22. The van der Waals surface area contributed by atoms with Gasteiger partial charge in [-0.1, -0.05) is 13.8 Å². The molecule has 0 aromatic heterocycles. The molecular formula is C12H15BrN2. The van der Waals surface area contributed by atoms with Crippen LogP contribution in [0.1, 0.15) is 25.8 Å². The molecule has 0 unspecified atom stereocenters. The first-order valence-corrected chi connectivity index (χ1v) is 5.86. The van der Waals surface area contributed by atoms with Crippen LogP contribution in [0.2, 0.25) is 0 Å². The second-order valence-corrected chi connectivity index (χ2v) is 4.77. The number of anilines is 1. The van der Waals surface area contributed by atoms with E-state index in [9.17, 15) is 0 Å². The average Bonchev–Trinajstić information content (AvgIpc) is 2.20. The van der Waals surface area contributed by atoms with Gasteiger partial charge in [0.1, 0.15) is 0 Å². The van der Waals surface area contributed by atoms with Crippen molar-refractivity contribution in [1.82, 2.24) is 0 Å². The lowest BCUT2D eigenvalue weighted by Gasteiger charge is -2.10. The van der Waals surface area contributed by atoms with Crippen molar-refractivity contribution in [3.63, 3.8) is 0 Å². The Hall–Kier alpha value is -1.01. The highest BCUT2D eigenvalue weighted by atomic mass is 79.9. The highest BCUT2D eigenvalue weighted by Gasteiger charge is 2.01. The molecule has 3 heteroatoms. The zero-order valence-electron chi connectivity index (χ0n) is 9.05. The molecule has 2 nitrogen and oxygen atoms in total. The molecule has 0 fully saturated rings. The molecule has 0 bridgehead atoms. The van der Waals surface area contributed by atoms with Gasteiger partial charge in [-0.3, -0.25) is 0 Å². The highest BCUT2D eigenvalue weighted by molar-refractivity contribution is 9.10. The van der Waals surface area contributed by atoms with Crippen LogP contribution in [0.5, 0.6) is 0 Å². The van der Waals surface area contributed by atoms with Crippen LogP contribution in [-0.2, 0) is 0 Å². The van der Waals surface area contributed by atoms with E-state index in [1.54, 1.807) is 0 Å². The summed E-state index contributed by atoms with van der Waals surface area (Å²) in [7, 11) is 0. The van der Waals surface area contributed by atoms with Crippen molar-refractivity contribution in [1.29, 1.82) is 5.26 Å². The Morgan fingerprint density at radius 1 is 1.47 bits per heavy atom. The average molecular weight is 267 g/mol. The van der Waals surface area contributed by atoms with Crippen LogP contribution < -0.4 is 5.32 Å². The number of halogens is 1. The maximum absolute atomic E-state index is 8.71. The van der Waals surface area contributed by atoms with Gasteiger partial charge < -0.3 is 5.32 Å². The monoisotopic (exact) mass is 266 g/mol. The van der Waals surface area contributed by atoms with Crippen LogP contribution in [0, 0.1) is 17.2 Å². The van der Waals surface area contributed by atoms with Crippen molar-refractivity contribution in [3.05, 3.63) is 28.2 Å². The van der Waals surface area contributed by atoms with E-state index < -0.39 is 0 Å². The summed E-state index contributed by atoms with van der Waals surface area (Å²) in [4.78, 5) is 0. The smallest absolute Gasteiger partial charge is 0.0992 e. The lowest BCUT2D eigenvalue weighted by molar-refractivity contribution is 0.607. The number of nitrogens with zero attached hydrogens (tertiary/aromatic N) is 1. The summed E-state index contributed by atoms with van der Waals surface area (Å²) >= 11 is 3.44. The van der Waals surface area contributed by atoms with Crippen molar-refractivity contribution in [2.75, 3.05) is 11.9 Å². The zero-order valence-corrected chi connectivity index (χ0v) is 10.6. The first-order valence-electron chi connectivity index (χ1n) is 5.07. The van der Waals surface area contributed by atoms with Gasteiger partial charge in [0.2, 0.25) is 0 Å². The van der Waals surface area contributed by atoms with E-state index >= 15 is 0 Å². The molecule has 1 aromatic carbocycles. The molecule has 0 amide bonds. The molecule has 0 radical (unpaired) electrons. The minimum atomic E-state index is 0.677. The predicted molar refractivity (Wildman–Crippen MR) is 66.8 cm³/mol. The Labute approximate surface area is 99.4 Å². The van der Waals surface area contributed by atoms with E-state index in [1.807, 2.05) is 18.2 Å². The quantitative estimate of drug-likeness (QED) is 0.901. The van der Waals surface area contributed by atoms with Crippen LogP contribution in [0.25, 0.3) is 0 Å². The molecule has 0 spiro atoms. The second kappa shape index (κ2) is 5.77. The van der Waals surface area contributed by atoms with Crippen molar-refractivity contribution < 1.29 is 0 Å². The number of nitrogens with one attached hydrogen (secondary N) is 1. The number of nitriles is 1. The number of benzene rings is 1. The largest absolute Gasteiger partial charge is 0.384 e. The lowest BCUT2D eigenvalue weighted by atomic mass is 10.1. The van der Waals surface area contributed by atoms with Gasteiger partial charge in [0, 0.05) is 16.7 Å². The van der Waals surface area contributed by atoms with Crippen molar-refractivity contribution in [3.8, 4) is 6.07 Å². The minimum Gasteiger partial charge on any atom is -0.384 e. The maximum atomic E-state index is 8.71. The molecule has 0 aliphatic heterocycles. The Balaban J connectivity index is 2.59. The first-order chi connectivity index (χ1) is 7.13. The Morgan fingerprint density at radius 3 is 2.73 bits per heavy atom. The number of hydrogen-bond acceptors (Lipinski definition) is 2. The van der Waals surface area contributed by atoms with Crippen LogP contribution >= 0.6 is 15.9 Å². The molecule has 0 saturated heterocycles. The second-order valence-electron chi connectivity index (χ2n) is 3.92. The van der Waals surface area contributed by atoms with Crippen molar-refractivity contribution >= 4 is 21.6 Å². The highest BCUT2D eigenvalue weighted by Crippen LogP contribution is 2.23. The van der Waals surface area contributed by atoms with Crippen molar-refractivity contribution in [2.24, 2.45) is 5.92 Å². The third-order valence-electron chi connectivity index (χ3n) is 2.14. The van der Waals surface area contributed by atoms with Crippen LogP contribution in [0.4, 0.5) is 5.69 Å². The zero-order chi connectivity index (χ0) is 11.3. The summed E-state index contributed by atoms with van der Waals surface area (Å²) in [6.45, 7) is 5.37. The van der Waals surface area contributed by atoms with E-state index in [-0.39, 0.29) is 0 Å².